The summed E-state index contributed by atoms with van der Waals surface area (Å²) in [6.07, 6.45) is 2.20. The van der Waals surface area contributed by atoms with E-state index in [-0.39, 0.29) is 5.41 Å². The summed E-state index contributed by atoms with van der Waals surface area (Å²) in [5.74, 6) is 0. The van der Waals surface area contributed by atoms with Crippen molar-refractivity contribution in [1.29, 1.82) is 0 Å². The summed E-state index contributed by atoms with van der Waals surface area (Å²) in [6, 6.07) is 22.3. The van der Waals surface area contributed by atoms with Crippen LogP contribution in [0.1, 0.15) is 48.7 Å². The molecule has 1 atom stereocenters. The Morgan fingerprint density at radius 1 is 0.900 bits per heavy atom. The van der Waals surface area contributed by atoms with Gasteiger partial charge in [0.05, 0.1) is 12.3 Å². The van der Waals surface area contributed by atoms with Crippen LogP contribution in [0.15, 0.2) is 66.9 Å². The predicted molar refractivity (Wildman–Crippen MR) is 125 cm³/mol. The molecule has 0 bridgehead atoms. The fourth-order valence-corrected chi connectivity index (χ4v) is 3.92. The van der Waals surface area contributed by atoms with Crippen LogP contribution >= 0.6 is 0 Å². The highest BCUT2D eigenvalue weighted by molar-refractivity contribution is 5.27. The quantitative estimate of drug-likeness (QED) is 0.560. The smallest absolute Gasteiger partial charge is 0.118 e. The van der Waals surface area contributed by atoms with Crippen molar-refractivity contribution in [2.75, 3.05) is 20.3 Å². The highest BCUT2D eigenvalue weighted by Crippen LogP contribution is 2.22. The SMILES string of the molecule is COCC[NH+](Cc1ccc(C(C)(C)C)cc1)Cc1cccn1Cc1cccc(C)c1. The van der Waals surface area contributed by atoms with Gasteiger partial charge in [0.25, 0.3) is 0 Å². The van der Waals surface area contributed by atoms with Crippen LogP contribution in [0.2, 0.25) is 0 Å². The molecule has 0 aliphatic heterocycles. The topological polar surface area (TPSA) is 18.6 Å². The van der Waals surface area contributed by atoms with Gasteiger partial charge in [-0.3, -0.25) is 0 Å². The minimum absolute atomic E-state index is 0.192. The average Bonchev–Trinajstić information content (AvgIpc) is 3.12. The normalized spacial score (nSPS) is 12.8. The fraction of sp³-hybridized carbons (Fsp3) is 0.407. The summed E-state index contributed by atoms with van der Waals surface area (Å²) in [7, 11) is 1.79. The second-order valence-electron chi connectivity index (χ2n) is 9.41. The van der Waals surface area contributed by atoms with Gasteiger partial charge in [-0.25, -0.2) is 0 Å². The number of aromatic nitrogens is 1. The zero-order valence-corrected chi connectivity index (χ0v) is 19.2. The average molecular weight is 406 g/mol. The number of rotatable bonds is 9. The highest BCUT2D eigenvalue weighted by Gasteiger charge is 2.16. The Balaban J connectivity index is 1.72. The standard InChI is InChI=1S/C27H36N2O/c1-22-8-6-9-24(18-22)20-29-15-7-10-26(29)21-28(16-17-30-5)19-23-11-13-25(14-12-23)27(2,3)4/h6-15,18H,16-17,19-21H2,1-5H3/p+1. The van der Waals surface area contributed by atoms with E-state index in [1.807, 2.05) is 0 Å². The van der Waals surface area contributed by atoms with Crippen molar-refractivity contribution in [3.8, 4) is 0 Å². The van der Waals surface area contributed by atoms with Crippen LogP contribution in [0.25, 0.3) is 0 Å². The molecule has 30 heavy (non-hydrogen) atoms. The van der Waals surface area contributed by atoms with Crippen molar-refractivity contribution in [1.82, 2.24) is 4.57 Å². The van der Waals surface area contributed by atoms with Crippen LogP contribution in [0.5, 0.6) is 0 Å². The molecule has 1 heterocycles. The molecule has 1 unspecified atom stereocenters. The Bertz CT molecular complexity index is 919. The van der Waals surface area contributed by atoms with E-state index < -0.39 is 0 Å². The lowest BCUT2D eigenvalue weighted by Gasteiger charge is -2.22. The lowest BCUT2D eigenvalue weighted by molar-refractivity contribution is -0.928. The molecule has 160 valence electrons. The highest BCUT2D eigenvalue weighted by atomic mass is 16.5. The minimum Gasteiger partial charge on any atom is -0.379 e. The number of nitrogens with one attached hydrogen (secondary N) is 1. The van der Waals surface area contributed by atoms with Gasteiger partial charge in [-0.15, -0.1) is 0 Å². The number of methoxy groups -OCH3 is 1. The number of hydrogen-bond donors (Lipinski definition) is 1. The predicted octanol–water partition coefficient (Wildman–Crippen LogP) is 4.37. The summed E-state index contributed by atoms with van der Waals surface area (Å²) in [6.45, 7) is 13.6. The number of aryl methyl sites for hydroxylation is 1. The Kier molecular flexibility index (Phi) is 7.52. The van der Waals surface area contributed by atoms with Crippen LogP contribution in [-0.4, -0.2) is 24.8 Å². The molecule has 0 saturated heterocycles. The van der Waals surface area contributed by atoms with Gasteiger partial charge in [0, 0.05) is 25.4 Å². The van der Waals surface area contributed by atoms with E-state index in [1.54, 1.807) is 7.11 Å². The van der Waals surface area contributed by atoms with E-state index in [2.05, 4.69) is 99.1 Å². The number of nitrogens with zero attached hydrogens (tertiary/aromatic N) is 1. The van der Waals surface area contributed by atoms with E-state index in [4.69, 9.17) is 4.74 Å². The maximum absolute atomic E-state index is 5.40. The van der Waals surface area contributed by atoms with E-state index >= 15 is 0 Å². The molecule has 0 radical (unpaired) electrons. The fourth-order valence-electron chi connectivity index (χ4n) is 3.92. The molecular weight excluding hydrogens is 368 g/mol. The van der Waals surface area contributed by atoms with Gasteiger partial charge in [0.15, 0.2) is 0 Å². The molecule has 1 N–H and O–H groups in total. The molecule has 3 heteroatoms. The summed E-state index contributed by atoms with van der Waals surface area (Å²) in [5.41, 5.74) is 6.99. The molecule has 3 nitrogen and oxygen atoms in total. The van der Waals surface area contributed by atoms with Crippen LogP contribution in [-0.2, 0) is 29.8 Å². The third-order valence-corrected chi connectivity index (χ3v) is 5.72. The second-order valence-corrected chi connectivity index (χ2v) is 9.41. The monoisotopic (exact) mass is 405 g/mol. The van der Waals surface area contributed by atoms with Crippen LogP contribution < -0.4 is 4.90 Å². The summed E-state index contributed by atoms with van der Waals surface area (Å²) in [4.78, 5) is 1.52. The summed E-state index contributed by atoms with van der Waals surface area (Å²) < 4.78 is 7.78. The van der Waals surface area contributed by atoms with Gasteiger partial charge in [0.1, 0.15) is 19.6 Å². The van der Waals surface area contributed by atoms with Gasteiger partial charge in [0.2, 0.25) is 0 Å². The molecule has 0 fully saturated rings. The molecule has 0 aliphatic carbocycles. The molecule has 0 spiro atoms. The Hall–Kier alpha value is -2.36. The zero-order chi connectivity index (χ0) is 21.6. The zero-order valence-electron chi connectivity index (χ0n) is 19.2. The summed E-state index contributed by atoms with van der Waals surface area (Å²) >= 11 is 0. The molecule has 0 aliphatic rings. The Labute approximate surface area is 182 Å². The lowest BCUT2D eigenvalue weighted by atomic mass is 9.87. The molecule has 1 aromatic heterocycles. The first kappa shape index (κ1) is 22.3. The number of ether oxygens (including phenoxy) is 1. The lowest BCUT2D eigenvalue weighted by Crippen LogP contribution is -3.10. The minimum atomic E-state index is 0.192. The van der Waals surface area contributed by atoms with E-state index in [1.165, 1.54) is 32.8 Å². The molecule has 0 saturated carbocycles. The first-order valence-corrected chi connectivity index (χ1v) is 11.0. The maximum Gasteiger partial charge on any atom is 0.118 e. The van der Waals surface area contributed by atoms with Crippen molar-refractivity contribution in [2.24, 2.45) is 0 Å². The third-order valence-electron chi connectivity index (χ3n) is 5.72. The van der Waals surface area contributed by atoms with Crippen LogP contribution in [0.3, 0.4) is 0 Å². The maximum atomic E-state index is 5.40. The van der Waals surface area contributed by atoms with Gasteiger partial charge in [-0.2, -0.15) is 0 Å². The number of hydrogen-bond acceptors (Lipinski definition) is 1. The van der Waals surface area contributed by atoms with Crippen LogP contribution in [0.4, 0.5) is 0 Å². The largest absolute Gasteiger partial charge is 0.379 e. The van der Waals surface area contributed by atoms with Gasteiger partial charge in [-0.05, 0) is 35.6 Å². The molecular formula is C27H37N2O+. The Morgan fingerprint density at radius 3 is 2.33 bits per heavy atom. The summed E-state index contributed by atoms with van der Waals surface area (Å²) in [5, 5.41) is 0. The first-order chi connectivity index (χ1) is 14.3. The number of benzene rings is 2. The first-order valence-electron chi connectivity index (χ1n) is 11.0. The Morgan fingerprint density at radius 2 is 1.67 bits per heavy atom. The van der Waals surface area contributed by atoms with Crippen LogP contribution in [0, 0.1) is 6.92 Å². The number of quaternary nitrogens is 1. The van der Waals surface area contributed by atoms with Crippen molar-refractivity contribution in [2.45, 2.75) is 52.7 Å². The van der Waals surface area contributed by atoms with Crippen molar-refractivity contribution in [3.05, 3.63) is 94.8 Å². The van der Waals surface area contributed by atoms with Crippen molar-refractivity contribution >= 4 is 0 Å². The van der Waals surface area contributed by atoms with Gasteiger partial charge >= 0.3 is 0 Å². The molecule has 3 aromatic rings. The van der Waals surface area contributed by atoms with Crippen molar-refractivity contribution in [3.63, 3.8) is 0 Å². The van der Waals surface area contributed by atoms with E-state index in [0.29, 0.717) is 0 Å². The van der Waals surface area contributed by atoms with Gasteiger partial charge < -0.3 is 14.2 Å². The van der Waals surface area contributed by atoms with Crippen molar-refractivity contribution < 1.29 is 9.64 Å². The molecule has 0 amide bonds. The van der Waals surface area contributed by atoms with E-state index in [9.17, 15) is 0 Å². The van der Waals surface area contributed by atoms with Gasteiger partial charge in [-0.1, -0.05) is 74.9 Å². The second kappa shape index (κ2) is 10.1. The third kappa shape index (κ3) is 6.32. The van der Waals surface area contributed by atoms with E-state index in [0.717, 1.165) is 32.8 Å². The molecule has 3 rings (SSSR count). The molecule has 2 aromatic carbocycles.